The second-order valence-electron chi connectivity index (χ2n) is 6.65. The van der Waals surface area contributed by atoms with Gasteiger partial charge in [0.25, 0.3) is 0 Å². The van der Waals surface area contributed by atoms with Crippen LogP contribution >= 0.6 is 11.3 Å². The molecule has 0 saturated heterocycles. The first kappa shape index (κ1) is 16.9. The van der Waals surface area contributed by atoms with Crippen molar-refractivity contribution in [3.63, 3.8) is 0 Å². The second-order valence-corrected chi connectivity index (χ2v) is 7.94. The minimum absolute atomic E-state index is 0.391. The van der Waals surface area contributed by atoms with Crippen molar-refractivity contribution in [3.8, 4) is 0 Å². The Labute approximate surface area is 133 Å². The van der Waals surface area contributed by atoms with Gasteiger partial charge in [-0.2, -0.15) is 0 Å². The maximum atomic E-state index is 5.84. The molecule has 3 N–H and O–H groups in total. The first-order valence-electron chi connectivity index (χ1n) is 8.53. The number of unbranched alkanes of at least 4 members (excludes halogenated alkanes) is 1. The summed E-state index contributed by atoms with van der Waals surface area (Å²) in [6.45, 7) is 6.54. The molecule has 1 heterocycles. The summed E-state index contributed by atoms with van der Waals surface area (Å²) in [5.74, 6) is 7.52. The molecule has 0 bridgehead atoms. The van der Waals surface area contributed by atoms with Crippen molar-refractivity contribution in [2.24, 2.45) is 17.7 Å². The smallest absolute Gasteiger partial charge is 0.0947 e. The average Bonchev–Trinajstić information content (AvgIpc) is 2.81. The molecule has 3 nitrogen and oxygen atoms in total. The Hall–Kier alpha value is -0.450. The molecule has 120 valence electrons. The maximum Gasteiger partial charge on any atom is 0.0947 e. The Balaban J connectivity index is 1.84. The molecule has 0 amide bonds. The highest BCUT2D eigenvalue weighted by Gasteiger charge is 2.27. The van der Waals surface area contributed by atoms with Gasteiger partial charge < -0.3 is 0 Å². The molecule has 1 aliphatic carbocycles. The maximum absolute atomic E-state index is 5.84. The van der Waals surface area contributed by atoms with Crippen LogP contribution in [0.5, 0.6) is 0 Å². The highest BCUT2D eigenvalue weighted by atomic mass is 32.1. The zero-order valence-electron chi connectivity index (χ0n) is 13.8. The van der Waals surface area contributed by atoms with Crippen LogP contribution in [0.2, 0.25) is 0 Å². The van der Waals surface area contributed by atoms with Gasteiger partial charge in [-0.3, -0.25) is 11.3 Å². The topological polar surface area (TPSA) is 50.9 Å². The van der Waals surface area contributed by atoms with Crippen LogP contribution in [-0.4, -0.2) is 11.0 Å². The van der Waals surface area contributed by atoms with Gasteiger partial charge >= 0.3 is 0 Å². The molecule has 1 atom stereocenters. The van der Waals surface area contributed by atoms with E-state index in [0.717, 1.165) is 18.3 Å². The zero-order chi connectivity index (χ0) is 15.2. The minimum atomic E-state index is 0.391. The van der Waals surface area contributed by atoms with Crippen molar-refractivity contribution in [2.75, 3.05) is 0 Å². The summed E-state index contributed by atoms with van der Waals surface area (Å²) in [7, 11) is 0. The number of aromatic nitrogens is 1. The molecule has 0 aromatic carbocycles. The summed E-state index contributed by atoms with van der Waals surface area (Å²) in [4.78, 5) is 6.01. The Morgan fingerprint density at radius 3 is 2.52 bits per heavy atom. The van der Waals surface area contributed by atoms with Crippen LogP contribution in [0.3, 0.4) is 0 Å². The fourth-order valence-electron chi connectivity index (χ4n) is 3.55. The molecule has 2 rings (SSSR count). The van der Waals surface area contributed by atoms with E-state index in [4.69, 9.17) is 5.84 Å². The number of hydrazine groups is 1. The summed E-state index contributed by atoms with van der Waals surface area (Å²) < 4.78 is 0. The predicted octanol–water partition coefficient (Wildman–Crippen LogP) is 4.13. The van der Waals surface area contributed by atoms with E-state index in [9.17, 15) is 0 Å². The Morgan fingerprint density at radius 2 is 2.00 bits per heavy atom. The molecule has 0 spiro atoms. The van der Waals surface area contributed by atoms with E-state index in [0.29, 0.717) is 6.04 Å². The van der Waals surface area contributed by atoms with Crippen molar-refractivity contribution in [1.82, 2.24) is 10.4 Å². The summed E-state index contributed by atoms with van der Waals surface area (Å²) in [6, 6.07) is 0.391. The van der Waals surface area contributed by atoms with Gasteiger partial charge in [-0.05, 0) is 38.5 Å². The van der Waals surface area contributed by atoms with Crippen molar-refractivity contribution >= 4 is 11.3 Å². The quantitative estimate of drug-likeness (QED) is 0.588. The van der Waals surface area contributed by atoms with E-state index in [1.54, 1.807) is 0 Å². The lowest BCUT2D eigenvalue weighted by molar-refractivity contribution is 0.211. The molecule has 21 heavy (non-hydrogen) atoms. The van der Waals surface area contributed by atoms with Crippen LogP contribution in [0.15, 0.2) is 0 Å². The van der Waals surface area contributed by atoms with Gasteiger partial charge in [0, 0.05) is 17.3 Å². The number of thiazole rings is 1. The van der Waals surface area contributed by atoms with Crippen LogP contribution in [0, 0.1) is 25.7 Å². The average molecular weight is 310 g/mol. The van der Waals surface area contributed by atoms with Crippen LogP contribution in [0.1, 0.15) is 67.4 Å². The summed E-state index contributed by atoms with van der Waals surface area (Å²) >= 11 is 1.83. The number of nitrogens with two attached hydrogens (primary N) is 1. The zero-order valence-corrected chi connectivity index (χ0v) is 14.6. The van der Waals surface area contributed by atoms with E-state index in [-0.39, 0.29) is 0 Å². The summed E-state index contributed by atoms with van der Waals surface area (Å²) in [5.41, 5.74) is 4.25. The number of rotatable bonds is 7. The van der Waals surface area contributed by atoms with Crippen molar-refractivity contribution in [3.05, 3.63) is 15.6 Å². The fourth-order valence-corrected chi connectivity index (χ4v) is 4.54. The van der Waals surface area contributed by atoms with E-state index in [1.165, 1.54) is 60.5 Å². The molecule has 1 unspecified atom stereocenters. The van der Waals surface area contributed by atoms with Crippen LogP contribution < -0.4 is 11.3 Å². The normalized spacial score (nSPS) is 24.2. The minimum Gasteiger partial charge on any atom is -0.271 e. The molecule has 1 saturated carbocycles. The first-order chi connectivity index (χ1) is 10.1. The van der Waals surface area contributed by atoms with E-state index < -0.39 is 0 Å². The third-order valence-electron chi connectivity index (χ3n) is 5.11. The number of nitrogens with zero attached hydrogens (tertiary/aromatic N) is 1. The van der Waals surface area contributed by atoms with E-state index in [2.05, 4.69) is 31.2 Å². The van der Waals surface area contributed by atoms with Crippen molar-refractivity contribution in [2.45, 2.75) is 78.2 Å². The lowest BCUT2D eigenvalue weighted by atomic mass is 9.76. The lowest BCUT2D eigenvalue weighted by Crippen LogP contribution is -2.43. The van der Waals surface area contributed by atoms with E-state index in [1.807, 2.05) is 11.3 Å². The molecule has 1 fully saturated rings. The Morgan fingerprint density at radius 1 is 1.29 bits per heavy atom. The lowest BCUT2D eigenvalue weighted by Gasteiger charge is -2.33. The largest absolute Gasteiger partial charge is 0.271 e. The summed E-state index contributed by atoms with van der Waals surface area (Å²) in [5, 5.41) is 1.24. The molecule has 0 radical (unpaired) electrons. The SMILES string of the molecule is CCCCC1CCC(C(Cc2nc(C)c(C)s2)NN)CC1. The number of aryl methyl sites for hydroxylation is 2. The van der Waals surface area contributed by atoms with Crippen molar-refractivity contribution < 1.29 is 0 Å². The van der Waals surface area contributed by atoms with Gasteiger partial charge in [-0.15, -0.1) is 11.3 Å². The Kier molecular flexibility index (Phi) is 6.65. The third kappa shape index (κ3) is 4.76. The third-order valence-corrected chi connectivity index (χ3v) is 6.20. The van der Waals surface area contributed by atoms with Gasteiger partial charge in [-0.25, -0.2) is 4.98 Å². The molecular formula is C17H31N3S. The van der Waals surface area contributed by atoms with Gasteiger partial charge in [0.1, 0.15) is 0 Å². The fraction of sp³-hybridized carbons (Fsp3) is 0.824. The van der Waals surface area contributed by atoms with Gasteiger partial charge in [0.15, 0.2) is 0 Å². The van der Waals surface area contributed by atoms with E-state index >= 15 is 0 Å². The molecule has 1 aromatic heterocycles. The number of hydrogen-bond acceptors (Lipinski definition) is 4. The molecule has 4 heteroatoms. The van der Waals surface area contributed by atoms with Crippen LogP contribution in [0.4, 0.5) is 0 Å². The second kappa shape index (κ2) is 8.25. The molecule has 1 aliphatic rings. The molecular weight excluding hydrogens is 278 g/mol. The molecule has 1 aromatic rings. The monoisotopic (exact) mass is 309 g/mol. The predicted molar refractivity (Wildman–Crippen MR) is 91.4 cm³/mol. The van der Waals surface area contributed by atoms with Gasteiger partial charge in [0.05, 0.1) is 10.7 Å². The van der Waals surface area contributed by atoms with Crippen molar-refractivity contribution in [1.29, 1.82) is 0 Å². The first-order valence-corrected chi connectivity index (χ1v) is 9.34. The highest BCUT2D eigenvalue weighted by molar-refractivity contribution is 7.11. The standard InChI is InChI=1S/C17H31N3S/c1-4-5-6-14-7-9-15(10-8-14)16(20-18)11-17-19-12(2)13(3)21-17/h14-16,20H,4-11,18H2,1-3H3. The van der Waals surface area contributed by atoms with Crippen LogP contribution in [0.25, 0.3) is 0 Å². The summed E-state index contributed by atoms with van der Waals surface area (Å²) in [6.07, 6.45) is 10.6. The highest BCUT2D eigenvalue weighted by Crippen LogP contribution is 2.34. The number of hydrogen-bond donors (Lipinski definition) is 2. The molecule has 0 aliphatic heterocycles. The van der Waals surface area contributed by atoms with Gasteiger partial charge in [-0.1, -0.05) is 39.0 Å². The van der Waals surface area contributed by atoms with Crippen LogP contribution in [-0.2, 0) is 6.42 Å². The number of nitrogens with one attached hydrogen (secondary N) is 1. The Bertz CT molecular complexity index is 402. The van der Waals surface area contributed by atoms with Gasteiger partial charge in [0.2, 0.25) is 0 Å².